The van der Waals surface area contributed by atoms with Gasteiger partial charge in [0.25, 0.3) is 0 Å². The van der Waals surface area contributed by atoms with Gasteiger partial charge in [-0.3, -0.25) is 0 Å². The van der Waals surface area contributed by atoms with Crippen LogP contribution in [-0.2, 0) is 0 Å². The van der Waals surface area contributed by atoms with Gasteiger partial charge in [-0.15, -0.1) is 12.3 Å². The Bertz CT molecular complexity index is 294. The molecule has 1 heterocycles. The molecule has 94 valence electrons. The Morgan fingerprint density at radius 1 is 1.12 bits per heavy atom. The first-order valence-corrected chi connectivity index (χ1v) is 6.81. The standard InChI is InChI=1S/C14H22N2O/c1-2-12-8-10-16(11-9-12)14(17)15-13-6-4-3-5-7-13/h1,12-13H,3-11H2,(H,15,17). The molecule has 0 aromatic rings. The van der Waals surface area contributed by atoms with E-state index in [0.29, 0.717) is 12.0 Å². The molecule has 1 aliphatic heterocycles. The third-order valence-corrected chi connectivity index (χ3v) is 3.95. The molecule has 0 spiro atoms. The molecule has 0 aromatic carbocycles. The van der Waals surface area contributed by atoms with Gasteiger partial charge in [-0.25, -0.2) is 4.79 Å². The summed E-state index contributed by atoms with van der Waals surface area (Å²) >= 11 is 0. The first-order valence-electron chi connectivity index (χ1n) is 6.81. The molecule has 1 aliphatic carbocycles. The van der Waals surface area contributed by atoms with Crippen molar-refractivity contribution >= 4 is 6.03 Å². The fourth-order valence-corrected chi connectivity index (χ4v) is 2.76. The maximum atomic E-state index is 12.0. The number of nitrogens with zero attached hydrogens (tertiary/aromatic N) is 1. The summed E-state index contributed by atoms with van der Waals surface area (Å²) in [6.45, 7) is 1.63. The lowest BCUT2D eigenvalue weighted by Gasteiger charge is -2.32. The highest BCUT2D eigenvalue weighted by molar-refractivity contribution is 5.74. The number of amides is 2. The van der Waals surface area contributed by atoms with E-state index >= 15 is 0 Å². The summed E-state index contributed by atoms with van der Waals surface area (Å²) < 4.78 is 0. The maximum Gasteiger partial charge on any atom is 0.317 e. The Morgan fingerprint density at radius 3 is 2.35 bits per heavy atom. The molecule has 3 heteroatoms. The van der Waals surface area contributed by atoms with E-state index in [4.69, 9.17) is 6.42 Å². The largest absolute Gasteiger partial charge is 0.335 e. The molecular formula is C14H22N2O. The Balaban J connectivity index is 1.75. The summed E-state index contributed by atoms with van der Waals surface area (Å²) in [6.07, 6.45) is 13.4. The molecule has 0 radical (unpaired) electrons. The van der Waals surface area contributed by atoms with Gasteiger partial charge in [0.2, 0.25) is 0 Å². The zero-order valence-electron chi connectivity index (χ0n) is 10.5. The van der Waals surface area contributed by atoms with Gasteiger partial charge in [-0.2, -0.15) is 0 Å². The SMILES string of the molecule is C#CC1CCN(C(=O)NC2CCCCC2)CC1. The molecule has 2 fully saturated rings. The van der Waals surface area contributed by atoms with Crippen molar-refractivity contribution in [2.24, 2.45) is 5.92 Å². The third kappa shape index (κ3) is 3.39. The fraction of sp³-hybridized carbons (Fsp3) is 0.786. The van der Waals surface area contributed by atoms with Crippen molar-refractivity contribution in [3.8, 4) is 12.3 Å². The van der Waals surface area contributed by atoms with Crippen molar-refractivity contribution in [1.29, 1.82) is 0 Å². The van der Waals surface area contributed by atoms with Crippen LogP contribution in [0.4, 0.5) is 4.79 Å². The minimum atomic E-state index is 0.118. The second kappa shape index (κ2) is 5.95. The molecule has 17 heavy (non-hydrogen) atoms. The Hall–Kier alpha value is -1.17. The van der Waals surface area contributed by atoms with E-state index in [-0.39, 0.29) is 6.03 Å². The van der Waals surface area contributed by atoms with Crippen LogP contribution in [0.1, 0.15) is 44.9 Å². The zero-order chi connectivity index (χ0) is 12.1. The van der Waals surface area contributed by atoms with Crippen molar-refractivity contribution in [2.75, 3.05) is 13.1 Å². The molecule has 1 saturated heterocycles. The van der Waals surface area contributed by atoms with Gasteiger partial charge in [-0.05, 0) is 25.7 Å². The van der Waals surface area contributed by atoms with Crippen LogP contribution in [0.15, 0.2) is 0 Å². The summed E-state index contributed by atoms with van der Waals surface area (Å²) in [5, 5.41) is 3.16. The quantitative estimate of drug-likeness (QED) is 0.694. The van der Waals surface area contributed by atoms with E-state index in [9.17, 15) is 4.79 Å². The Kier molecular flexibility index (Phi) is 4.30. The van der Waals surface area contributed by atoms with Gasteiger partial charge >= 0.3 is 6.03 Å². The molecule has 0 atom stereocenters. The number of terminal acetylenes is 1. The zero-order valence-corrected chi connectivity index (χ0v) is 10.5. The minimum absolute atomic E-state index is 0.118. The minimum Gasteiger partial charge on any atom is -0.335 e. The lowest BCUT2D eigenvalue weighted by molar-refractivity contribution is 0.172. The van der Waals surface area contributed by atoms with Gasteiger partial charge in [-0.1, -0.05) is 19.3 Å². The number of hydrogen-bond acceptors (Lipinski definition) is 1. The van der Waals surface area contributed by atoms with Crippen LogP contribution < -0.4 is 5.32 Å². The van der Waals surface area contributed by atoms with Crippen LogP contribution in [0.3, 0.4) is 0 Å². The van der Waals surface area contributed by atoms with E-state index in [1.54, 1.807) is 0 Å². The number of rotatable bonds is 1. The lowest BCUT2D eigenvalue weighted by atomic mass is 9.95. The number of urea groups is 1. The first-order chi connectivity index (χ1) is 8.29. The van der Waals surface area contributed by atoms with Gasteiger partial charge in [0.05, 0.1) is 0 Å². The van der Waals surface area contributed by atoms with Gasteiger partial charge in [0, 0.05) is 25.0 Å². The molecule has 1 N–H and O–H groups in total. The highest BCUT2D eigenvalue weighted by atomic mass is 16.2. The van der Waals surface area contributed by atoms with Crippen LogP contribution >= 0.6 is 0 Å². The van der Waals surface area contributed by atoms with Crippen molar-refractivity contribution in [2.45, 2.75) is 51.0 Å². The van der Waals surface area contributed by atoms with E-state index < -0.39 is 0 Å². The number of hydrogen-bond donors (Lipinski definition) is 1. The van der Waals surface area contributed by atoms with Crippen LogP contribution in [0.25, 0.3) is 0 Å². The topological polar surface area (TPSA) is 32.3 Å². The number of likely N-dealkylation sites (tertiary alicyclic amines) is 1. The van der Waals surface area contributed by atoms with E-state index in [1.807, 2.05) is 4.90 Å². The Morgan fingerprint density at radius 2 is 1.76 bits per heavy atom. The molecular weight excluding hydrogens is 212 g/mol. The highest BCUT2D eigenvalue weighted by Gasteiger charge is 2.23. The normalized spacial score (nSPS) is 23.1. The predicted molar refractivity (Wildman–Crippen MR) is 68.5 cm³/mol. The van der Waals surface area contributed by atoms with Gasteiger partial charge in [0.15, 0.2) is 0 Å². The van der Waals surface area contributed by atoms with Crippen molar-refractivity contribution in [3.63, 3.8) is 0 Å². The van der Waals surface area contributed by atoms with Crippen LogP contribution in [0, 0.1) is 18.3 Å². The maximum absolute atomic E-state index is 12.0. The third-order valence-electron chi connectivity index (χ3n) is 3.95. The smallest absolute Gasteiger partial charge is 0.317 e. The van der Waals surface area contributed by atoms with E-state index in [2.05, 4.69) is 11.2 Å². The number of carbonyl (C=O) groups is 1. The lowest BCUT2D eigenvalue weighted by Crippen LogP contribution is -2.48. The van der Waals surface area contributed by atoms with Gasteiger partial charge in [0.1, 0.15) is 0 Å². The average Bonchev–Trinajstić information content (AvgIpc) is 2.40. The van der Waals surface area contributed by atoms with Crippen molar-refractivity contribution < 1.29 is 4.79 Å². The molecule has 2 aliphatic rings. The summed E-state index contributed by atoms with van der Waals surface area (Å²) in [5.74, 6) is 3.16. The van der Waals surface area contributed by atoms with Crippen LogP contribution in [-0.4, -0.2) is 30.1 Å². The summed E-state index contributed by atoms with van der Waals surface area (Å²) in [6, 6.07) is 0.522. The van der Waals surface area contributed by atoms with E-state index in [1.165, 1.54) is 19.3 Å². The molecule has 1 saturated carbocycles. The second-order valence-corrected chi connectivity index (χ2v) is 5.21. The Labute approximate surface area is 104 Å². The van der Waals surface area contributed by atoms with Crippen LogP contribution in [0.2, 0.25) is 0 Å². The molecule has 2 rings (SSSR count). The van der Waals surface area contributed by atoms with Crippen LogP contribution in [0.5, 0.6) is 0 Å². The second-order valence-electron chi connectivity index (χ2n) is 5.21. The first kappa shape index (κ1) is 12.3. The van der Waals surface area contributed by atoms with Crippen molar-refractivity contribution in [3.05, 3.63) is 0 Å². The average molecular weight is 234 g/mol. The van der Waals surface area contributed by atoms with E-state index in [0.717, 1.165) is 38.8 Å². The number of piperidine rings is 1. The molecule has 3 nitrogen and oxygen atoms in total. The molecule has 0 aromatic heterocycles. The number of carbonyl (C=O) groups excluding carboxylic acids is 1. The highest BCUT2D eigenvalue weighted by Crippen LogP contribution is 2.19. The summed E-state index contributed by atoms with van der Waals surface area (Å²) in [5.41, 5.74) is 0. The predicted octanol–water partition coefficient (Wildman–Crippen LogP) is 2.37. The summed E-state index contributed by atoms with van der Waals surface area (Å²) in [4.78, 5) is 13.9. The van der Waals surface area contributed by atoms with Crippen molar-refractivity contribution in [1.82, 2.24) is 10.2 Å². The fourth-order valence-electron chi connectivity index (χ4n) is 2.76. The molecule has 0 bridgehead atoms. The summed E-state index contributed by atoms with van der Waals surface area (Å²) in [7, 11) is 0. The monoisotopic (exact) mass is 234 g/mol. The number of nitrogens with one attached hydrogen (secondary N) is 1. The molecule has 0 unspecified atom stereocenters. The molecule has 2 amide bonds. The van der Waals surface area contributed by atoms with Gasteiger partial charge < -0.3 is 10.2 Å².